The number of aromatic amines is 1. The van der Waals surface area contributed by atoms with Gasteiger partial charge in [-0.2, -0.15) is 5.10 Å². The number of ether oxygens (including phenoxy) is 1. The fourth-order valence-electron chi connectivity index (χ4n) is 2.74. The van der Waals surface area contributed by atoms with Gasteiger partial charge >= 0.3 is 0 Å². The molecule has 0 aliphatic carbocycles. The van der Waals surface area contributed by atoms with Crippen LogP contribution in [0.25, 0.3) is 17.0 Å². The second-order valence-corrected chi connectivity index (χ2v) is 5.60. The number of hydrogen-bond donors (Lipinski definition) is 3. The number of carbonyl (C=O) groups is 1. The Bertz CT molecular complexity index is 1000. The van der Waals surface area contributed by atoms with E-state index in [0.29, 0.717) is 11.4 Å². The normalized spacial score (nSPS) is 15.3. The maximum absolute atomic E-state index is 12.2. The summed E-state index contributed by atoms with van der Waals surface area (Å²) in [6.07, 6.45) is 3.71. The molecule has 0 unspecified atom stereocenters. The van der Waals surface area contributed by atoms with Gasteiger partial charge in [-0.15, -0.1) is 0 Å². The van der Waals surface area contributed by atoms with Crippen molar-refractivity contribution in [3.05, 3.63) is 65.9 Å². The molecule has 2 aromatic carbocycles. The number of nitrogens with one attached hydrogen (secondary N) is 3. The van der Waals surface area contributed by atoms with Gasteiger partial charge in [0.2, 0.25) is 0 Å². The second kappa shape index (κ2) is 6.16. The second-order valence-electron chi connectivity index (χ2n) is 5.60. The molecule has 2 heterocycles. The number of hydrogen-bond acceptors (Lipinski definition) is 4. The van der Waals surface area contributed by atoms with Crippen LogP contribution in [-0.4, -0.2) is 23.8 Å². The number of methoxy groups -OCH3 is 1. The minimum absolute atomic E-state index is 0.235. The van der Waals surface area contributed by atoms with Gasteiger partial charge in [-0.25, -0.2) is 5.43 Å². The van der Waals surface area contributed by atoms with Gasteiger partial charge in [-0.1, -0.05) is 18.2 Å². The van der Waals surface area contributed by atoms with Crippen molar-refractivity contribution in [3.8, 4) is 5.75 Å². The molecule has 25 heavy (non-hydrogen) atoms. The third kappa shape index (κ3) is 2.85. The molecule has 124 valence electrons. The molecule has 0 spiro atoms. The third-order valence-electron chi connectivity index (χ3n) is 4.04. The zero-order valence-electron chi connectivity index (χ0n) is 13.5. The van der Waals surface area contributed by atoms with Crippen molar-refractivity contribution in [2.24, 2.45) is 5.10 Å². The molecule has 1 amide bonds. The minimum Gasteiger partial charge on any atom is -0.497 e. The number of amides is 1. The Morgan fingerprint density at radius 3 is 2.72 bits per heavy atom. The van der Waals surface area contributed by atoms with Gasteiger partial charge in [0.1, 0.15) is 5.75 Å². The number of nitrogens with zero attached hydrogens (tertiary/aromatic N) is 1. The first-order chi connectivity index (χ1) is 12.2. The molecule has 0 atom stereocenters. The number of H-pyrrole nitrogens is 1. The molecule has 3 aromatic rings. The van der Waals surface area contributed by atoms with Gasteiger partial charge < -0.3 is 15.0 Å². The number of rotatable bonds is 3. The van der Waals surface area contributed by atoms with Crippen molar-refractivity contribution in [2.75, 3.05) is 12.4 Å². The van der Waals surface area contributed by atoms with Crippen LogP contribution in [0.4, 0.5) is 5.69 Å². The topological polar surface area (TPSA) is 78.5 Å². The van der Waals surface area contributed by atoms with E-state index in [9.17, 15) is 4.79 Å². The lowest BCUT2D eigenvalue weighted by Crippen LogP contribution is -2.17. The highest BCUT2D eigenvalue weighted by atomic mass is 16.5. The lowest BCUT2D eigenvalue weighted by Gasteiger charge is -2.07. The summed E-state index contributed by atoms with van der Waals surface area (Å²) in [6.45, 7) is 0. The number of fused-ring (bicyclic) bond motifs is 1. The lowest BCUT2D eigenvalue weighted by molar-refractivity contribution is -0.116. The SMILES string of the molecule is COc1ccc(NC2=NNC(=O)C2=Cc2c[nH]c3ccccc23)cc1. The van der Waals surface area contributed by atoms with Crippen LogP contribution < -0.4 is 15.5 Å². The van der Waals surface area contributed by atoms with E-state index in [1.165, 1.54) is 0 Å². The Labute approximate surface area is 144 Å². The lowest BCUT2D eigenvalue weighted by atomic mass is 10.1. The average Bonchev–Trinajstić information content (AvgIpc) is 3.21. The van der Waals surface area contributed by atoms with Crippen LogP contribution in [0.1, 0.15) is 5.56 Å². The third-order valence-corrected chi connectivity index (χ3v) is 4.04. The number of aromatic nitrogens is 1. The van der Waals surface area contributed by atoms with E-state index >= 15 is 0 Å². The fraction of sp³-hybridized carbons (Fsp3) is 0.0526. The van der Waals surface area contributed by atoms with E-state index in [1.54, 1.807) is 7.11 Å². The fourth-order valence-corrected chi connectivity index (χ4v) is 2.74. The highest BCUT2D eigenvalue weighted by molar-refractivity contribution is 6.30. The van der Waals surface area contributed by atoms with Crippen LogP contribution in [0.3, 0.4) is 0 Å². The molecule has 0 radical (unpaired) electrons. The summed E-state index contributed by atoms with van der Waals surface area (Å²) in [5.41, 5.74) is 5.77. The highest BCUT2D eigenvalue weighted by Crippen LogP contribution is 2.23. The van der Waals surface area contributed by atoms with E-state index < -0.39 is 0 Å². The number of para-hydroxylation sites is 1. The summed E-state index contributed by atoms with van der Waals surface area (Å²) in [5.74, 6) is 1.02. The van der Waals surface area contributed by atoms with Gasteiger partial charge in [-0.3, -0.25) is 4.79 Å². The summed E-state index contributed by atoms with van der Waals surface area (Å²) >= 11 is 0. The number of hydrazone groups is 1. The van der Waals surface area contributed by atoms with Crippen molar-refractivity contribution in [1.82, 2.24) is 10.4 Å². The maximum Gasteiger partial charge on any atom is 0.275 e. The first kappa shape index (κ1) is 15.0. The Morgan fingerprint density at radius 1 is 1.12 bits per heavy atom. The Hall–Kier alpha value is -3.54. The largest absolute Gasteiger partial charge is 0.497 e. The molecular weight excluding hydrogens is 316 g/mol. The summed E-state index contributed by atoms with van der Waals surface area (Å²) in [6, 6.07) is 15.4. The molecule has 1 aliphatic rings. The Balaban J connectivity index is 1.65. The quantitative estimate of drug-likeness (QED) is 0.645. The summed E-state index contributed by atoms with van der Waals surface area (Å²) in [4.78, 5) is 15.4. The monoisotopic (exact) mass is 332 g/mol. The Kier molecular flexibility index (Phi) is 3.70. The minimum atomic E-state index is -0.235. The molecule has 6 nitrogen and oxygen atoms in total. The van der Waals surface area contributed by atoms with Gasteiger partial charge in [0.05, 0.1) is 12.7 Å². The molecule has 0 saturated carbocycles. The molecule has 0 fully saturated rings. The van der Waals surface area contributed by atoms with Crippen LogP contribution in [0.15, 0.2) is 65.4 Å². The van der Waals surface area contributed by atoms with E-state index in [-0.39, 0.29) is 5.91 Å². The van der Waals surface area contributed by atoms with Crippen molar-refractivity contribution in [2.45, 2.75) is 0 Å². The van der Waals surface area contributed by atoms with E-state index in [0.717, 1.165) is 27.9 Å². The van der Waals surface area contributed by atoms with Crippen LogP contribution in [-0.2, 0) is 4.79 Å². The summed E-state index contributed by atoms with van der Waals surface area (Å²) in [7, 11) is 1.62. The van der Waals surface area contributed by atoms with Gasteiger partial charge in [0.25, 0.3) is 5.91 Å². The van der Waals surface area contributed by atoms with Crippen LogP contribution in [0.2, 0.25) is 0 Å². The average molecular weight is 332 g/mol. The van der Waals surface area contributed by atoms with Crippen molar-refractivity contribution >= 4 is 34.4 Å². The summed E-state index contributed by atoms with van der Waals surface area (Å²) in [5, 5.41) is 8.31. The van der Waals surface area contributed by atoms with Gasteiger partial charge in [0.15, 0.2) is 5.84 Å². The first-order valence-corrected chi connectivity index (χ1v) is 7.82. The standard InChI is InChI=1S/C19H16N4O2/c1-25-14-8-6-13(7-9-14)21-18-16(19(24)23-22-18)10-12-11-20-17-5-3-2-4-15(12)17/h2-11,20H,1H3,(H,21,22)(H,23,24). The van der Waals surface area contributed by atoms with Crippen LogP contribution >= 0.6 is 0 Å². The predicted molar refractivity (Wildman–Crippen MR) is 98.5 cm³/mol. The van der Waals surface area contributed by atoms with Crippen LogP contribution in [0, 0.1) is 0 Å². The van der Waals surface area contributed by atoms with Crippen LogP contribution in [0.5, 0.6) is 5.75 Å². The van der Waals surface area contributed by atoms with E-state index in [2.05, 4.69) is 20.8 Å². The van der Waals surface area contributed by atoms with Crippen molar-refractivity contribution in [1.29, 1.82) is 0 Å². The molecule has 6 heteroatoms. The predicted octanol–water partition coefficient (Wildman–Crippen LogP) is 3.12. The van der Waals surface area contributed by atoms with Crippen molar-refractivity contribution < 1.29 is 9.53 Å². The van der Waals surface area contributed by atoms with Gasteiger partial charge in [-0.05, 0) is 36.4 Å². The summed E-state index contributed by atoms with van der Waals surface area (Å²) < 4.78 is 5.15. The first-order valence-electron chi connectivity index (χ1n) is 7.82. The molecule has 0 bridgehead atoms. The zero-order valence-corrected chi connectivity index (χ0v) is 13.5. The highest BCUT2D eigenvalue weighted by Gasteiger charge is 2.23. The molecule has 3 N–H and O–H groups in total. The molecule has 0 saturated heterocycles. The number of benzene rings is 2. The number of amidine groups is 1. The molecule has 1 aromatic heterocycles. The smallest absolute Gasteiger partial charge is 0.275 e. The van der Waals surface area contributed by atoms with E-state index in [1.807, 2.05) is 60.8 Å². The Morgan fingerprint density at radius 2 is 1.92 bits per heavy atom. The number of anilines is 1. The van der Waals surface area contributed by atoms with E-state index in [4.69, 9.17) is 4.74 Å². The van der Waals surface area contributed by atoms with Crippen molar-refractivity contribution in [3.63, 3.8) is 0 Å². The molecule has 4 rings (SSSR count). The van der Waals surface area contributed by atoms with Gasteiger partial charge in [0, 0.05) is 28.4 Å². The zero-order chi connectivity index (χ0) is 17.2. The number of carbonyl (C=O) groups excluding carboxylic acids is 1. The maximum atomic E-state index is 12.2. The molecular formula is C19H16N4O2. The molecule has 1 aliphatic heterocycles.